The minimum Gasteiger partial charge on any atom is -0.494 e. The van der Waals surface area contributed by atoms with Gasteiger partial charge < -0.3 is 4.74 Å². The Morgan fingerprint density at radius 1 is 1.27 bits per heavy atom. The third-order valence-corrected chi connectivity index (χ3v) is 3.93. The highest BCUT2D eigenvalue weighted by Crippen LogP contribution is 2.32. The van der Waals surface area contributed by atoms with E-state index < -0.39 is 17.5 Å². The van der Waals surface area contributed by atoms with Crippen molar-refractivity contribution >= 4 is 32.6 Å². The Kier molecular flexibility index (Phi) is 3.72. The molecule has 22 heavy (non-hydrogen) atoms. The smallest absolute Gasteiger partial charge is 0.260 e. The van der Waals surface area contributed by atoms with Gasteiger partial charge in [-0.1, -0.05) is 17.4 Å². The monoisotopic (exact) mass is 320 g/mol. The van der Waals surface area contributed by atoms with Gasteiger partial charge in [0.15, 0.2) is 5.13 Å². The van der Waals surface area contributed by atoms with Crippen LogP contribution in [-0.4, -0.2) is 18.0 Å². The van der Waals surface area contributed by atoms with Crippen molar-refractivity contribution in [2.24, 2.45) is 0 Å². The molecular weight excluding hydrogens is 310 g/mol. The summed E-state index contributed by atoms with van der Waals surface area (Å²) in [6, 6.07) is 8.19. The van der Waals surface area contributed by atoms with E-state index in [2.05, 4.69) is 10.3 Å². The number of carbonyl (C=O) groups excluding carboxylic acids is 1. The Morgan fingerprint density at radius 2 is 2.09 bits per heavy atom. The van der Waals surface area contributed by atoms with Gasteiger partial charge >= 0.3 is 0 Å². The fourth-order valence-electron chi connectivity index (χ4n) is 1.98. The molecule has 4 nitrogen and oxygen atoms in total. The van der Waals surface area contributed by atoms with Gasteiger partial charge in [0.2, 0.25) is 0 Å². The fraction of sp³-hybridized carbons (Fsp3) is 0.0667. The van der Waals surface area contributed by atoms with E-state index in [4.69, 9.17) is 4.74 Å². The summed E-state index contributed by atoms with van der Waals surface area (Å²) in [5.41, 5.74) is 0.373. The molecule has 112 valence electrons. The first-order valence-corrected chi connectivity index (χ1v) is 7.10. The molecule has 1 heterocycles. The number of nitrogens with zero attached hydrogens (tertiary/aromatic N) is 1. The Balaban J connectivity index is 1.91. The molecule has 0 saturated heterocycles. The first-order chi connectivity index (χ1) is 10.6. The van der Waals surface area contributed by atoms with Crippen LogP contribution in [0.3, 0.4) is 0 Å². The Hall–Kier alpha value is -2.54. The van der Waals surface area contributed by atoms with E-state index in [9.17, 15) is 13.6 Å². The van der Waals surface area contributed by atoms with Gasteiger partial charge in [0.1, 0.15) is 22.9 Å². The second kappa shape index (κ2) is 5.69. The van der Waals surface area contributed by atoms with Crippen molar-refractivity contribution in [1.29, 1.82) is 0 Å². The third-order valence-electron chi connectivity index (χ3n) is 3.00. The number of hydrogen-bond acceptors (Lipinski definition) is 4. The maximum atomic E-state index is 13.6. The fourth-order valence-corrected chi connectivity index (χ4v) is 2.86. The van der Waals surface area contributed by atoms with E-state index >= 15 is 0 Å². The molecule has 0 unspecified atom stereocenters. The summed E-state index contributed by atoms with van der Waals surface area (Å²) in [5.74, 6) is -1.76. The van der Waals surface area contributed by atoms with Crippen LogP contribution < -0.4 is 10.1 Å². The molecule has 2 aromatic carbocycles. The predicted octanol–water partition coefficient (Wildman–Crippen LogP) is 3.84. The number of methoxy groups -OCH3 is 1. The number of hydrogen-bond donors (Lipinski definition) is 1. The second-order valence-electron chi connectivity index (χ2n) is 4.40. The molecule has 0 aliphatic rings. The van der Waals surface area contributed by atoms with E-state index in [-0.39, 0.29) is 5.56 Å². The van der Waals surface area contributed by atoms with Crippen molar-refractivity contribution in [3.63, 3.8) is 0 Å². The van der Waals surface area contributed by atoms with Crippen LogP contribution in [0.4, 0.5) is 13.9 Å². The molecule has 0 aliphatic carbocycles. The summed E-state index contributed by atoms with van der Waals surface area (Å²) in [6.45, 7) is 0. The lowest BCUT2D eigenvalue weighted by Crippen LogP contribution is -2.13. The number of rotatable bonds is 3. The molecule has 0 aliphatic heterocycles. The van der Waals surface area contributed by atoms with Crippen LogP contribution in [0.25, 0.3) is 10.2 Å². The molecule has 0 spiro atoms. The highest BCUT2D eigenvalue weighted by Gasteiger charge is 2.15. The lowest BCUT2D eigenvalue weighted by Gasteiger charge is -2.02. The average Bonchev–Trinajstić information content (AvgIpc) is 2.89. The van der Waals surface area contributed by atoms with Crippen molar-refractivity contribution in [2.75, 3.05) is 12.4 Å². The number of fused-ring (bicyclic) bond motifs is 1. The number of anilines is 1. The summed E-state index contributed by atoms with van der Waals surface area (Å²) >= 11 is 1.24. The molecule has 0 atom stereocenters. The summed E-state index contributed by atoms with van der Waals surface area (Å²) in [7, 11) is 1.53. The van der Waals surface area contributed by atoms with Gasteiger partial charge in [-0.15, -0.1) is 0 Å². The molecule has 0 saturated carbocycles. The van der Waals surface area contributed by atoms with Crippen molar-refractivity contribution in [3.8, 4) is 5.75 Å². The van der Waals surface area contributed by atoms with E-state index in [1.54, 1.807) is 6.07 Å². The molecule has 0 bridgehead atoms. The largest absolute Gasteiger partial charge is 0.494 e. The van der Waals surface area contributed by atoms with Gasteiger partial charge in [-0.05, 0) is 24.3 Å². The van der Waals surface area contributed by atoms with Crippen LogP contribution in [0.1, 0.15) is 10.4 Å². The zero-order valence-electron chi connectivity index (χ0n) is 11.4. The molecule has 0 radical (unpaired) electrons. The molecular formula is C15H10F2N2O2S. The normalized spacial score (nSPS) is 10.7. The summed E-state index contributed by atoms with van der Waals surface area (Å²) in [5, 5.41) is 2.82. The topological polar surface area (TPSA) is 51.2 Å². The van der Waals surface area contributed by atoms with Crippen molar-refractivity contribution < 1.29 is 18.3 Å². The zero-order valence-corrected chi connectivity index (χ0v) is 12.2. The van der Waals surface area contributed by atoms with Gasteiger partial charge in [0.05, 0.1) is 17.4 Å². The zero-order chi connectivity index (χ0) is 15.7. The molecule has 3 aromatic rings. The number of aromatic nitrogens is 1. The highest BCUT2D eigenvalue weighted by atomic mass is 32.1. The first kappa shape index (κ1) is 14.4. The van der Waals surface area contributed by atoms with Crippen LogP contribution in [-0.2, 0) is 0 Å². The second-order valence-corrected chi connectivity index (χ2v) is 5.43. The Labute approximate surface area is 128 Å². The lowest BCUT2D eigenvalue weighted by molar-refractivity contribution is 0.102. The lowest BCUT2D eigenvalue weighted by atomic mass is 10.2. The quantitative estimate of drug-likeness (QED) is 0.798. The standard InChI is InChI=1S/C15H10F2N2O2S/c1-21-11-3-2-4-12-13(11)18-15(22-12)19-14(20)9-6-5-8(16)7-10(9)17/h2-7H,1H3,(H,18,19,20). The summed E-state index contributed by atoms with van der Waals surface area (Å²) < 4.78 is 32.5. The number of benzene rings is 2. The number of para-hydroxylation sites is 1. The summed E-state index contributed by atoms with van der Waals surface area (Å²) in [4.78, 5) is 16.3. The van der Waals surface area contributed by atoms with E-state index in [1.807, 2.05) is 12.1 Å². The molecule has 3 rings (SSSR count). The Morgan fingerprint density at radius 3 is 2.82 bits per heavy atom. The van der Waals surface area contributed by atoms with Crippen molar-refractivity contribution in [3.05, 3.63) is 53.6 Å². The predicted molar refractivity (Wildman–Crippen MR) is 80.5 cm³/mol. The molecule has 0 fully saturated rings. The van der Waals surface area contributed by atoms with Crippen LogP contribution >= 0.6 is 11.3 Å². The molecule has 1 N–H and O–H groups in total. The molecule has 1 amide bonds. The Bertz CT molecular complexity index is 864. The van der Waals surface area contributed by atoms with Crippen molar-refractivity contribution in [2.45, 2.75) is 0 Å². The highest BCUT2D eigenvalue weighted by molar-refractivity contribution is 7.22. The maximum absolute atomic E-state index is 13.6. The average molecular weight is 320 g/mol. The summed E-state index contributed by atoms with van der Waals surface area (Å²) in [6.07, 6.45) is 0. The molecule has 1 aromatic heterocycles. The number of nitrogens with one attached hydrogen (secondary N) is 1. The van der Waals surface area contributed by atoms with Gasteiger partial charge in [-0.3, -0.25) is 10.1 Å². The third kappa shape index (κ3) is 2.62. The first-order valence-electron chi connectivity index (χ1n) is 6.28. The van der Waals surface area contributed by atoms with Gasteiger partial charge in [-0.2, -0.15) is 0 Å². The van der Waals surface area contributed by atoms with Crippen LogP contribution in [0.15, 0.2) is 36.4 Å². The maximum Gasteiger partial charge on any atom is 0.260 e. The number of carbonyl (C=O) groups is 1. The van der Waals surface area contributed by atoms with Gasteiger partial charge in [0.25, 0.3) is 5.91 Å². The van der Waals surface area contributed by atoms with Gasteiger partial charge in [0, 0.05) is 6.07 Å². The number of ether oxygens (including phenoxy) is 1. The van der Waals surface area contributed by atoms with Crippen LogP contribution in [0.5, 0.6) is 5.75 Å². The SMILES string of the molecule is COc1cccc2sc(NC(=O)c3ccc(F)cc3F)nc12. The number of amides is 1. The van der Waals surface area contributed by atoms with E-state index in [0.29, 0.717) is 22.5 Å². The minimum atomic E-state index is -0.920. The van der Waals surface area contributed by atoms with E-state index in [1.165, 1.54) is 18.4 Å². The molecule has 7 heteroatoms. The van der Waals surface area contributed by atoms with Crippen LogP contribution in [0, 0.1) is 11.6 Å². The minimum absolute atomic E-state index is 0.243. The number of halogens is 2. The van der Waals surface area contributed by atoms with Crippen LogP contribution in [0.2, 0.25) is 0 Å². The van der Waals surface area contributed by atoms with E-state index in [0.717, 1.165) is 16.8 Å². The van der Waals surface area contributed by atoms with Gasteiger partial charge in [-0.25, -0.2) is 13.8 Å². The number of thiazole rings is 1. The van der Waals surface area contributed by atoms with Crippen molar-refractivity contribution in [1.82, 2.24) is 4.98 Å².